The minimum atomic E-state index is -2.94. The number of nitrogens with one attached hydrogen (secondary N) is 1. The highest BCUT2D eigenvalue weighted by Gasteiger charge is 1.99. The van der Waals surface area contributed by atoms with Gasteiger partial charge in [-0.1, -0.05) is 0 Å². The average molecular weight is 183 g/mol. The zero-order valence-electron chi connectivity index (χ0n) is 5.74. The molecule has 66 valence electrons. The van der Waals surface area contributed by atoms with Crippen molar-refractivity contribution >= 4 is 14.2 Å². The number of rotatable bonds is 5. The molecule has 0 bridgehead atoms. The second-order valence-electron chi connectivity index (χ2n) is 1.62. The Bertz CT molecular complexity index is 149. The first-order valence-corrected chi connectivity index (χ1v) is 4.16. The van der Waals surface area contributed by atoms with Gasteiger partial charge in [-0.15, -0.1) is 0 Å². The molecule has 0 aromatic carbocycles. The number of carbonyl (C=O) groups is 1. The quantitative estimate of drug-likeness (QED) is 0.369. The minimum Gasteiger partial charge on any atom is -0.377 e. The van der Waals surface area contributed by atoms with Crippen LogP contribution >= 0.6 is 8.25 Å². The first kappa shape index (κ1) is 10.6. The van der Waals surface area contributed by atoms with Crippen LogP contribution in [0.25, 0.3) is 0 Å². The van der Waals surface area contributed by atoms with E-state index in [1.807, 2.05) is 0 Å². The first-order chi connectivity index (χ1) is 5.16. The summed E-state index contributed by atoms with van der Waals surface area (Å²) in [4.78, 5) is 18.6. The van der Waals surface area contributed by atoms with Crippen molar-refractivity contribution in [2.45, 2.75) is 6.42 Å². The van der Waals surface area contributed by atoms with Gasteiger partial charge in [0.15, 0.2) is 0 Å². The molecule has 1 amide bonds. The number of amides is 1. The van der Waals surface area contributed by atoms with Crippen molar-refractivity contribution in [2.24, 2.45) is 0 Å². The summed E-state index contributed by atoms with van der Waals surface area (Å²) < 4.78 is 14.1. The van der Waals surface area contributed by atoms with Crippen molar-refractivity contribution in [3.8, 4) is 0 Å². The minimum absolute atomic E-state index is 0.0302. The van der Waals surface area contributed by atoms with Crippen LogP contribution in [0, 0.1) is 0 Å². The van der Waals surface area contributed by atoms with Crippen LogP contribution < -0.4 is 5.32 Å². The lowest BCUT2D eigenvalue weighted by molar-refractivity contribution is -0.122. The van der Waals surface area contributed by atoms with E-state index in [0.29, 0.717) is 0 Å². The largest absolute Gasteiger partial charge is 0.377 e. The maximum atomic E-state index is 10.5. The van der Waals surface area contributed by atoms with Crippen molar-refractivity contribution in [3.63, 3.8) is 0 Å². The Balaban J connectivity index is 3.24. The van der Waals surface area contributed by atoms with Gasteiger partial charge in [0, 0.05) is 0 Å². The Morgan fingerprint density at radius 2 is 2.27 bits per heavy atom. The summed E-state index contributed by atoms with van der Waals surface area (Å²) in [6.07, 6.45) is -0.0302. The standard InChI is InChI=1S/C4H10NO5P/c6-3-5-4(7)1-2-10-11(8)9/h6,11H,1-3H2,(H,5,7)(H,8,9). The lowest BCUT2D eigenvalue weighted by atomic mass is 10.4. The number of carbonyl (C=O) groups excluding carboxylic acids is 1. The Labute approximate surface area is 64.1 Å². The van der Waals surface area contributed by atoms with Gasteiger partial charge >= 0.3 is 8.25 Å². The van der Waals surface area contributed by atoms with Gasteiger partial charge < -0.3 is 19.8 Å². The molecule has 0 fully saturated rings. The van der Waals surface area contributed by atoms with Gasteiger partial charge in [0.2, 0.25) is 5.91 Å². The highest BCUT2D eigenvalue weighted by molar-refractivity contribution is 7.32. The zero-order valence-corrected chi connectivity index (χ0v) is 6.74. The van der Waals surface area contributed by atoms with Crippen LogP contribution in [0.5, 0.6) is 0 Å². The molecule has 0 heterocycles. The Morgan fingerprint density at radius 1 is 1.64 bits per heavy atom. The third-order valence-corrected chi connectivity index (χ3v) is 1.28. The van der Waals surface area contributed by atoms with Gasteiger partial charge in [-0.2, -0.15) is 0 Å². The number of hydrogen-bond donors (Lipinski definition) is 3. The van der Waals surface area contributed by atoms with E-state index in [2.05, 4.69) is 9.84 Å². The van der Waals surface area contributed by atoms with Crippen LogP contribution in [-0.4, -0.2) is 29.2 Å². The predicted octanol–water partition coefficient (Wildman–Crippen LogP) is -1.16. The summed E-state index contributed by atoms with van der Waals surface area (Å²) in [6, 6.07) is 0. The molecule has 0 radical (unpaired) electrons. The molecular weight excluding hydrogens is 173 g/mol. The summed E-state index contributed by atoms with van der Waals surface area (Å²) in [6.45, 7) is -0.548. The predicted molar refractivity (Wildman–Crippen MR) is 37.0 cm³/mol. The topological polar surface area (TPSA) is 95.9 Å². The number of hydrogen-bond acceptors (Lipinski definition) is 4. The molecule has 0 saturated carbocycles. The molecule has 1 unspecified atom stereocenters. The summed E-state index contributed by atoms with van der Waals surface area (Å²) in [5.74, 6) is -0.421. The van der Waals surface area contributed by atoms with Crippen molar-refractivity contribution in [1.29, 1.82) is 0 Å². The van der Waals surface area contributed by atoms with E-state index in [0.717, 1.165) is 0 Å². The van der Waals surface area contributed by atoms with E-state index >= 15 is 0 Å². The summed E-state index contributed by atoms with van der Waals surface area (Å²) in [5.41, 5.74) is 0. The fourth-order valence-corrected chi connectivity index (χ4v) is 0.684. The van der Waals surface area contributed by atoms with Gasteiger partial charge in [-0.25, -0.2) is 0 Å². The molecule has 11 heavy (non-hydrogen) atoms. The van der Waals surface area contributed by atoms with E-state index < -0.39 is 20.9 Å². The molecule has 0 aromatic rings. The lowest BCUT2D eigenvalue weighted by Gasteiger charge is -1.99. The SMILES string of the molecule is O=C(CCO[PH](=O)O)NCO. The molecule has 0 saturated heterocycles. The molecule has 0 aliphatic heterocycles. The van der Waals surface area contributed by atoms with Crippen molar-refractivity contribution < 1.29 is 23.9 Å². The third-order valence-electron chi connectivity index (χ3n) is 0.831. The monoisotopic (exact) mass is 183 g/mol. The molecule has 6 nitrogen and oxygen atoms in total. The van der Waals surface area contributed by atoms with Crippen LogP contribution in [-0.2, 0) is 13.9 Å². The molecule has 1 atom stereocenters. The van der Waals surface area contributed by atoms with Crippen LogP contribution in [0.3, 0.4) is 0 Å². The normalized spacial score (nSPS) is 12.5. The van der Waals surface area contributed by atoms with Crippen molar-refractivity contribution in [3.05, 3.63) is 0 Å². The molecule has 7 heteroatoms. The summed E-state index contributed by atoms with van der Waals surface area (Å²) in [5, 5.41) is 10.3. The molecule has 0 aromatic heterocycles. The molecule has 0 spiro atoms. The fourth-order valence-electron chi connectivity index (χ4n) is 0.408. The van der Waals surface area contributed by atoms with Crippen LogP contribution in [0.4, 0.5) is 0 Å². The van der Waals surface area contributed by atoms with Gasteiger partial charge in [0.25, 0.3) is 0 Å². The molecule has 3 N–H and O–H groups in total. The maximum Gasteiger partial charge on any atom is 0.316 e. The number of aliphatic hydroxyl groups excluding tert-OH is 1. The molecular formula is C4H10NO5P. The Hall–Kier alpha value is -0.420. The highest BCUT2D eigenvalue weighted by atomic mass is 31.1. The van der Waals surface area contributed by atoms with E-state index in [4.69, 9.17) is 10.00 Å². The zero-order chi connectivity index (χ0) is 8.69. The van der Waals surface area contributed by atoms with Crippen molar-refractivity contribution in [1.82, 2.24) is 5.32 Å². The average Bonchev–Trinajstić information content (AvgIpc) is 1.87. The van der Waals surface area contributed by atoms with Crippen LogP contribution in [0.15, 0.2) is 0 Å². The number of aliphatic hydroxyl groups is 1. The van der Waals surface area contributed by atoms with Gasteiger partial charge in [-0.05, 0) is 0 Å². The summed E-state index contributed by atoms with van der Waals surface area (Å²) in [7, 11) is -2.94. The molecule has 0 rings (SSSR count). The fraction of sp³-hybridized carbons (Fsp3) is 0.750. The second kappa shape index (κ2) is 6.30. The van der Waals surface area contributed by atoms with E-state index in [-0.39, 0.29) is 13.0 Å². The second-order valence-corrected chi connectivity index (χ2v) is 2.44. The van der Waals surface area contributed by atoms with Gasteiger partial charge in [0.05, 0.1) is 13.0 Å². The van der Waals surface area contributed by atoms with Gasteiger partial charge in [0.1, 0.15) is 6.73 Å². The smallest absolute Gasteiger partial charge is 0.316 e. The van der Waals surface area contributed by atoms with Crippen LogP contribution in [0.1, 0.15) is 6.42 Å². The van der Waals surface area contributed by atoms with Crippen LogP contribution in [0.2, 0.25) is 0 Å². The third kappa shape index (κ3) is 7.48. The molecule has 0 aliphatic carbocycles. The highest BCUT2D eigenvalue weighted by Crippen LogP contribution is 2.13. The van der Waals surface area contributed by atoms with Gasteiger partial charge in [-0.3, -0.25) is 9.36 Å². The maximum absolute atomic E-state index is 10.5. The lowest BCUT2D eigenvalue weighted by Crippen LogP contribution is -2.24. The molecule has 0 aliphatic rings. The van der Waals surface area contributed by atoms with Crippen molar-refractivity contribution in [2.75, 3.05) is 13.3 Å². The summed E-state index contributed by atoms with van der Waals surface area (Å²) >= 11 is 0. The Kier molecular flexibility index (Phi) is 6.06. The van der Waals surface area contributed by atoms with E-state index in [9.17, 15) is 9.36 Å². The Morgan fingerprint density at radius 3 is 2.73 bits per heavy atom. The van der Waals surface area contributed by atoms with E-state index in [1.54, 1.807) is 0 Å². The first-order valence-electron chi connectivity index (χ1n) is 2.90. The van der Waals surface area contributed by atoms with E-state index in [1.165, 1.54) is 0 Å².